The van der Waals surface area contributed by atoms with Crippen LogP contribution in [-0.4, -0.2) is 9.67 Å². The smallest absolute Gasteiger partial charge is 0.210 e. The van der Waals surface area contributed by atoms with Gasteiger partial charge >= 0.3 is 0 Å². The van der Waals surface area contributed by atoms with Crippen molar-refractivity contribution in [3.05, 3.63) is 36.7 Å². The number of nitrogens with zero attached hydrogens (tertiary/aromatic N) is 3. The number of hydrogen-bond donors (Lipinski definition) is 1. The molecule has 0 saturated heterocycles. The molecule has 0 radical (unpaired) electrons. The molecule has 0 bridgehead atoms. The molecule has 0 aliphatic heterocycles. The Kier molecular flexibility index (Phi) is 2.06. The van der Waals surface area contributed by atoms with Crippen LogP contribution in [0.5, 0.6) is 0 Å². The Morgan fingerprint density at radius 2 is 2.00 bits per heavy atom. The van der Waals surface area contributed by atoms with Gasteiger partial charge in [-0.15, -0.1) is 0 Å². The summed E-state index contributed by atoms with van der Waals surface area (Å²) in [6.07, 6.45) is 1.89. The Balaban J connectivity index is 2.48. The normalized spacial score (nSPS) is 10.3. The Hall–Kier alpha value is -1.29. The van der Waals surface area contributed by atoms with Crippen molar-refractivity contribution in [3.63, 3.8) is 0 Å². The molecule has 4 heteroatoms. The molecule has 66 valence electrons. The van der Waals surface area contributed by atoms with Crippen LogP contribution in [0.4, 0.5) is 0 Å². The molecule has 2 rings (SSSR count). The first-order valence-corrected chi connectivity index (χ1v) is 4.42. The zero-order valence-corrected chi connectivity index (χ0v) is 8.15. The molecule has 1 aromatic heterocycles. The van der Waals surface area contributed by atoms with Crippen LogP contribution in [-0.2, 0) is 7.05 Å². The Labute approximate surface area is 82.0 Å². The third-order valence-corrected chi connectivity index (χ3v) is 2.22. The monoisotopic (exact) mass is 192 g/mol. The molecular formula is C9H10N3S+. The van der Waals surface area contributed by atoms with E-state index in [0.717, 1.165) is 5.69 Å². The van der Waals surface area contributed by atoms with E-state index >= 15 is 0 Å². The van der Waals surface area contributed by atoms with Crippen LogP contribution in [0.15, 0.2) is 41.8 Å². The van der Waals surface area contributed by atoms with Gasteiger partial charge in [0.15, 0.2) is 5.69 Å². The van der Waals surface area contributed by atoms with Gasteiger partial charge in [0.1, 0.15) is 0 Å². The number of aromatic nitrogens is 3. The van der Waals surface area contributed by atoms with E-state index in [4.69, 9.17) is 0 Å². The number of thiol groups is 1. The van der Waals surface area contributed by atoms with Crippen LogP contribution in [0.25, 0.3) is 5.69 Å². The molecule has 0 unspecified atom stereocenters. The highest BCUT2D eigenvalue weighted by Crippen LogP contribution is 2.00. The van der Waals surface area contributed by atoms with Crippen molar-refractivity contribution in [1.29, 1.82) is 0 Å². The van der Waals surface area contributed by atoms with E-state index in [1.54, 1.807) is 4.68 Å². The number of para-hydroxylation sites is 1. The molecule has 0 atom stereocenters. The number of rotatable bonds is 1. The first kappa shape index (κ1) is 8.31. The van der Waals surface area contributed by atoms with Gasteiger partial charge in [-0.25, -0.2) is 4.57 Å². The summed E-state index contributed by atoms with van der Waals surface area (Å²) in [6, 6.07) is 9.94. The van der Waals surface area contributed by atoms with Crippen LogP contribution in [0.2, 0.25) is 0 Å². The molecule has 0 saturated carbocycles. The maximum absolute atomic E-state index is 4.22. The van der Waals surface area contributed by atoms with Gasteiger partial charge in [-0.3, -0.25) is 0 Å². The number of hydrogen-bond acceptors (Lipinski definition) is 2. The lowest BCUT2D eigenvalue weighted by molar-refractivity contribution is -0.659. The van der Waals surface area contributed by atoms with Gasteiger partial charge in [-0.05, 0) is 17.2 Å². The van der Waals surface area contributed by atoms with E-state index in [0.29, 0.717) is 5.16 Å². The summed E-state index contributed by atoms with van der Waals surface area (Å²) in [5.41, 5.74) is 1.04. The van der Waals surface area contributed by atoms with Gasteiger partial charge in [0.05, 0.1) is 7.05 Å². The SMILES string of the molecule is Cn1c[n+](-c2ccccc2)nc1S. The third-order valence-electron chi connectivity index (χ3n) is 1.82. The van der Waals surface area contributed by atoms with Gasteiger partial charge in [-0.1, -0.05) is 35.5 Å². The largest absolute Gasteiger partial charge is 0.292 e. The highest BCUT2D eigenvalue weighted by molar-refractivity contribution is 7.80. The summed E-state index contributed by atoms with van der Waals surface area (Å²) in [5, 5.41) is 4.92. The van der Waals surface area contributed by atoms with Gasteiger partial charge in [-0.2, -0.15) is 0 Å². The quantitative estimate of drug-likeness (QED) is 0.528. The standard InChI is InChI=1S/C9H9N3S/c1-11-7-12(10-9(11)13)8-5-3-2-4-6-8/h2-7H,1H3/p+1. The summed E-state index contributed by atoms with van der Waals surface area (Å²) >= 11 is 4.20. The maximum Gasteiger partial charge on any atom is 0.292 e. The average molecular weight is 192 g/mol. The van der Waals surface area contributed by atoms with Crippen LogP contribution >= 0.6 is 12.6 Å². The highest BCUT2D eigenvalue weighted by atomic mass is 32.1. The summed E-state index contributed by atoms with van der Waals surface area (Å²) < 4.78 is 3.65. The molecule has 0 spiro atoms. The van der Waals surface area contributed by atoms with Crippen molar-refractivity contribution in [1.82, 2.24) is 9.67 Å². The van der Waals surface area contributed by atoms with E-state index in [9.17, 15) is 0 Å². The molecule has 3 nitrogen and oxygen atoms in total. The minimum Gasteiger partial charge on any atom is -0.210 e. The lowest BCUT2D eigenvalue weighted by atomic mass is 10.3. The molecule has 1 heterocycles. The van der Waals surface area contributed by atoms with E-state index in [1.807, 2.05) is 48.3 Å². The van der Waals surface area contributed by atoms with Gasteiger partial charge in [0.2, 0.25) is 0 Å². The Bertz CT molecular complexity index is 389. The predicted octanol–water partition coefficient (Wildman–Crippen LogP) is 0.986. The Morgan fingerprint density at radius 3 is 2.54 bits per heavy atom. The molecule has 1 aromatic carbocycles. The van der Waals surface area contributed by atoms with E-state index < -0.39 is 0 Å². The zero-order chi connectivity index (χ0) is 9.26. The highest BCUT2D eigenvalue weighted by Gasteiger charge is 2.09. The van der Waals surface area contributed by atoms with Gasteiger partial charge in [0, 0.05) is 0 Å². The lowest BCUT2D eigenvalue weighted by Crippen LogP contribution is -2.31. The summed E-state index contributed by atoms with van der Waals surface area (Å²) in [4.78, 5) is 0. The summed E-state index contributed by atoms with van der Waals surface area (Å²) in [7, 11) is 1.91. The van der Waals surface area contributed by atoms with Crippen LogP contribution < -0.4 is 4.68 Å². The molecule has 13 heavy (non-hydrogen) atoms. The summed E-state index contributed by atoms with van der Waals surface area (Å²) in [6.45, 7) is 0. The lowest BCUT2D eigenvalue weighted by Gasteiger charge is -1.89. The van der Waals surface area contributed by atoms with E-state index in [-0.39, 0.29) is 0 Å². The maximum atomic E-state index is 4.22. The van der Waals surface area contributed by atoms with Crippen molar-refractivity contribution in [2.45, 2.75) is 5.16 Å². The molecule has 0 aliphatic rings. The molecule has 2 aromatic rings. The average Bonchev–Trinajstić information content (AvgIpc) is 2.49. The second kappa shape index (κ2) is 3.22. The zero-order valence-electron chi connectivity index (χ0n) is 7.25. The fraction of sp³-hybridized carbons (Fsp3) is 0.111. The number of benzene rings is 1. The van der Waals surface area contributed by atoms with Crippen molar-refractivity contribution in [2.24, 2.45) is 7.05 Å². The minimum atomic E-state index is 0.698. The fourth-order valence-corrected chi connectivity index (χ4v) is 1.26. The number of aryl methyl sites for hydroxylation is 1. The minimum absolute atomic E-state index is 0.698. The van der Waals surface area contributed by atoms with Crippen LogP contribution in [0, 0.1) is 0 Å². The van der Waals surface area contributed by atoms with Crippen LogP contribution in [0.1, 0.15) is 0 Å². The second-order valence-electron chi connectivity index (χ2n) is 2.81. The van der Waals surface area contributed by atoms with Crippen molar-refractivity contribution in [2.75, 3.05) is 0 Å². The van der Waals surface area contributed by atoms with Gasteiger partial charge < -0.3 is 0 Å². The molecule has 0 aliphatic carbocycles. The molecule has 0 N–H and O–H groups in total. The predicted molar refractivity (Wildman–Crippen MR) is 52.0 cm³/mol. The van der Waals surface area contributed by atoms with Gasteiger partial charge in [0.25, 0.3) is 11.5 Å². The third kappa shape index (κ3) is 1.58. The van der Waals surface area contributed by atoms with Crippen molar-refractivity contribution in [3.8, 4) is 5.69 Å². The fourth-order valence-electron chi connectivity index (χ4n) is 1.11. The Morgan fingerprint density at radius 1 is 1.31 bits per heavy atom. The topological polar surface area (TPSA) is 21.7 Å². The second-order valence-corrected chi connectivity index (χ2v) is 3.21. The van der Waals surface area contributed by atoms with E-state index in [1.165, 1.54) is 0 Å². The molecular weight excluding hydrogens is 182 g/mol. The first-order valence-electron chi connectivity index (χ1n) is 3.97. The summed E-state index contributed by atoms with van der Waals surface area (Å²) in [5.74, 6) is 0. The first-order chi connectivity index (χ1) is 6.27. The van der Waals surface area contributed by atoms with E-state index in [2.05, 4.69) is 17.7 Å². The van der Waals surface area contributed by atoms with Crippen LogP contribution in [0.3, 0.4) is 0 Å². The molecule has 0 amide bonds. The van der Waals surface area contributed by atoms with Crippen molar-refractivity contribution >= 4 is 12.6 Å². The van der Waals surface area contributed by atoms with Crippen molar-refractivity contribution < 1.29 is 4.68 Å². The molecule has 0 fully saturated rings.